The molecule has 0 saturated carbocycles. The maximum atomic E-state index is 14.6. The van der Waals surface area contributed by atoms with E-state index in [9.17, 15) is 4.39 Å². The Kier molecular flexibility index (Phi) is 4.49. The van der Waals surface area contributed by atoms with Crippen molar-refractivity contribution in [3.05, 3.63) is 28.0 Å². The number of ether oxygens (including phenoxy) is 3. The molecule has 0 amide bonds. The highest BCUT2D eigenvalue weighted by atomic mass is 79.9. The van der Waals surface area contributed by atoms with Gasteiger partial charge in [0.05, 0.1) is 31.1 Å². The molecule has 116 valence electrons. The van der Waals surface area contributed by atoms with Crippen LogP contribution in [0.25, 0.3) is 0 Å². The van der Waals surface area contributed by atoms with Crippen molar-refractivity contribution in [2.24, 2.45) is 0 Å². The van der Waals surface area contributed by atoms with Crippen LogP contribution in [0.1, 0.15) is 25.7 Å². The zero-order valence-electron chi connectivity index (χ0n) is 12.1. The van der Waals surface area contributed by atoms with Gasteiger partial charge in [-0.2, -0.15) is 0 Å². The van der Waals surface area contributed by atoms with E-state index in [-0.39, 0.29) is 18.0 Å². The van der Waals surface area contributed by atoms with Crippen molar-refractivity contribution < 1.29 is 18.6 Å². The van der Waals surface area contributed by atoms with Crippen LogP contribution in [0.2, 0.25) is 0 Å². The average molecular weight is 360 g/mol. The third-order valence-corrected chi connectivity index (χ3v) is 4.13. The van der Waals surface area contributed by atoms with Crippen LogP contribution in [-0.2, 0) is 14.2 Å². The van der Waals surface area contributed by atoms with Gasteiger partial charge in [-0.05, 0) is 26.0 Å². The van der Waals surface area contributed by atoms with Crippen LogP contribution in [0.15, 0.2) is 16.6 Å². The van der Waals surface area contributed by atoms with Crippen molar-refractivity contribution in [3.8, 4) is 0 Å². The molecule has 2 aliphatic heterocycles. The first kappa shape index (κ1) is 15.2. The molecule has 6 heteroatoms. The molecule has 21 heavy (non-hydrogen) atoms. The minimum atomic E-state index is -0.500. The maximum absolute atomic E-state index is 14.6. The number of hydrogen-bond donors (Lipinski definition) is 0. The molecule has 0 aliphatic carbocycles. The summed E-state index contributed by atoms with van der Waals surface area (Å²) in [6.07, 6.45) is -0.370. The summed E-state index contributed by atoms with van der Waals surface area (Å²) in [7, 11) is 0. The molecule has 4 nitrogen and oxygen atoms in total. The van der Waals surface area contributed by atoms with Crippen LogP contribution in [0.4, 0.5) is 10.1 Å². The van der Waals surface area contributed by atoms with E-state index in [4.69, 9.17) is 14.2 Å². The molecule has 1 aromatic rings. The number of nitrogens with zero attached hydrogens (tertiary/aromatic N) is 1. The second-order valence-electron chi connectivity index (χ2n) is 5.56. The van der Waals surface area contributed by atoms with Gasteiger partial charge < -0.3 is 19.1 Å². The highest BCUT2D eigenvalue weighted by molar-refractivity contribution is 9.10. The van der Waals surface area contributed by atoms with Crippen molar-refractivity contribution >= 4 is 21.6 Å². The number of halogens is 2. The summed E-state index contributed by atoms with van der Waals surface area (Å²) in [6.45, 7) is 6.39. The summed E-state index contributed by atoms with van der Waals surface area (Å²) < 4.78 is 32.1. The second-order valence-corrected chi connectivity index (χ2v) is 6.48. The van der Waals surface area contributed by atoms with Gasteiger partial charge in [0.25, 0.3) is 0 Å². The zero-order chi connectivity index (χ0) is 15.0. The number of hydrogen-bond acceptors (Lipinski definition) is 4. The average Bonchev–Trinajstić information content (AvgIpc) is 2.89. The third-order valence-electron chi connectivity index (χ3n) is 3.67. The lowest BCUT2D eigenvalue weighted by Gasteiger charge is -2.38. The van der Waals surface area contributed by atoms with E-state index in [1.54, 1.807) is 0 Å². The molecule has 2 saturated heterocycles. The molecule has 0 aromatic heterocycles. The lowest BCUT2D eigenvalue weighted by Crippen LogP contribution is -2.46. The molecule has 3 rings (SSSR count). The zero-order valence-corrected chi connectivity index (χ0v) is 13.7. The smallest absolute Gasteiger partial charge is 0.186 e. The van der Waals surface area contributed by atoms with Gasteiger partial charge in [-0.15, -0.1) is 0 Å². The summed E-state index contributed by atoms with van der Waals surface area (Å²) in [5.74, 6) is -0.264. The SMILES string of the molecule is CC1CN(c2c(F)cc(Br)cc2C2OCCO2)CC(C)O1. The standard InChI is InChI=1S/C15H19BrFNO3/c1-9-7-18(8-10(2)21-9)14-12(15-19-3-4-20-15)5-11(16)6-13(14)17/h5-6,9-10,15H,3-4,7-8H2,1-2H3. The second kappa shape index (κ2) is 6.20. The van der Waals surface area contributed by atoms with Gasteiger partial charge in [0, 0.05) is 23.1 Å². The van der Waals surface area contributed by atoms with E-state index < -0.39 is 6.29 Å². The lowest BCUT2D eigenvalue weighted by molar-refractivity contribution is -0.0446. The molecule has 0 radical (unpaired) electrons. The Hall–Kier alpha value is -0.690. The highest BCUT2D eigenvalue weighted by Crippen LogP contribution is 2.37. The normalized spacial score (nSPS) is 27.3. The predicted octanol–water partition coefficient (Wildman–Crippen LogP) is 3.25. The first-order chi connectivity index (χ1) is 10.0. The number of benzene rings is 1. The van der Waals surface area contributed by atoms with Gasteiger partial charge in [-0.1, -0.05) is 15.9 Å². The van der Waals surface area contributed by atoms with Gasteiger partial charge in [0.2, 0.25) is 0 Å². The molecule has 2 atom stereocenters. The van der Waals surface area contributed by atoms with E-state index in [0.29, 0.717) is 36.5 Å². The molecule has 0 N–H and O–H groups in total. The van der Waals surface area contributed by atoms with Crippen molar-refractivity contribution in [1.82, 2.24) is 0 Å². The number of morpholine rings is 1. The molecule has 0 spiro atoms. The van der Waals surface area contributed by atoms with E-state index in [1.165, 1.54) is 6.07 Å². The van der Waals surface area contributed by atoms with Crippen molar-refractivity contribution in [2.45, 2.75) is 32.3 Å². The summed E-state index contributed by atoms with van der Waals surface area (Å²) in [4.78, 5) is 2.03. The summed E-state index contributed by atoms with van der Waals surface area (Å²) in [5, 5.41) is 0. The quantitative estimate of drug-likeness (QED) is 0.810. The third kappa shape index (κ3) is 3.23. The Bertz CT molecular complexity index is 512. The molecule has 2 aliphatic rings. The van der Waals surface area contributed by atoms with Crippen molar-refractivity contribution in [2.75, 3.05) is 31.2 Å². The van der Waals surface area contributed by atoms with Crippen molar-refractivity contribution in [1.29, 1.82) is 0 Å². The first-order valence-electron chi connectivity index (χ1n) is 7.17. The first-order valence-corrected chi connectivity index (χ1v) is 7.96. The van der Waals surface area contributed by atoms with E-state index in [2.05, 4.69) is 15.9 Å². The Morgan fingerprint density at radius 3 is 2.38 bits per heavy atom. The Balaban J connectivity index is 1.99. The summed E-state index contributed by atoms with van der Waals surface area (Å²) in [5.41, 5.74) is 1.30. The molecule has 2 unspecified atom stereocenters. The van der Waals surface area contributed by atoms with Gasteiger partial charge >= 0.3 is 0 Å². The van der Waals surface area contributed by atoms with E-state index in [0.717, 1.165) is 5.56 Å². The van der Waals surface area contributed by atoms with Gasteiger partial charge in [0.1, 0.15) is 5.82 Å². The van der Waals surface area contributed by atoms with Gasteiger partial charge in [-0.3, -0.25) is 0 Å². The van der Waals surface area contributed by atoms with Gasteiger partial charge in [0.15, 0.2) is 6.29 Å². The van der Waals surface area contributed by atoms with Crippen LogP contribution < -0.4 is 4.90 Å². The highest BCUT2D eigenvalue weighted by Gasteiger charge is 2.30. The molecule has 1 aromatic carbocycles. The minimum absolute atomic E-state index is 0.0649. The molecule has 2 fully saturated rings. The fourth-order valence-electron chi connectivity index (χ4n) is 3.00. The number of anilines is 1. The van der Waals surface area contributed by atoms with Crippen molar-refractivity contribution in [3.63, 3.8) is 0 Å². The Morgan fingerprint density at radius 2 is 1.76 bits per heavy atom. The summed E-state index contributed by atoms with van der Waals surface area (Å²) >= 11 is 3.35. The van der Waals surface area contributed by atoms with Gasteiger partial charge in [-0.25, -0.2) is 4.39 Å². The topological polar surface area (TPSA) is 30.9 Å². The number of rotatable bonds is 2. The molecular weight excluding hydrogens is 341 g/mol. The van der Waals surface area contributed by atoms with Crippen LogP contribution in [0, 0.1) is 5.82 Å². The largest absolute Gasteiger partial charge is 0.372 e. The summed E-state index contributed by atoms with van der Waals surface area (Å²) in [6, 6.07) is 3.36. The fourth-order valence-corrected chi connectivity index (χ4v) is 3.45. The monoisotopic (exact) mass is 359 g/mol. The molecule has 0 bridgehead atoms. The minimum Gasteiger partial charge on any atom is -0.372 e. The van der Waals surface area contributed by atoms with E-state index in [1.807, 2.05) is 24.8 Å². The van der Waals surface area contributed by atoms with Crippen LogP contribution in [0.5, 0.6) is 0 Å². The Morgan fingerprint density at radius 1 is 1.14 bits per heavy atom. The molecule has 2 heterocycles. The predicted molar refractivity (Wildman–Crippen MR) is 81.0 cm³/mol. The van der Waals surface area contributed by atoms with Crippen LogP contribution in [-0.4, -0.2) is 38.5 Å². The molecular formula is C15H19BrFNO3. The lowest BCUT2D eigenvalue weighted by atomic mass is 10.1. The maximum Gasteiger partial charge on any atom is 0.186 e. The fraction of sp³-hybridized carbons (Fsp3) is 0.600. The Labute approximate surface area is 132 Å². The van der Waals surface area contributed by atoms with Crippen LogP contribution >= 0.6 is 15.9 Å². The van der Waals surface area contributed by atoms with Crippen LogP contribution in [0.3, 0.4) is 0 Å². The van der Waals surface area contributed by atoms with E-state index >= 15 is 0 Å².